The third kappa shape index (κ3) is 5.55. The molecule has 33 heavy (non-hydrogen) atoms. The summed E-state index contributed by atoms with van der Waals surface area (Å²) in [6, 6.07) is 12.4. The van der Waals surface area contributed by atoms with Gasteiger partial charge in [0, 0.05) is 12.3 Å². The third-order valence-electron chi connectivity index (χ3n) is 5.02. The lowest BCUT2D eigenvalue weighted by Gasteiger charge is -2.16. The highest BCUT2D eigenvalue weighted by Gasteiger charge is 2.35. The molecule has 1 aliphatic heterocycles. The van der Waals surface area contributed by atoms with Crippen molar-refractivity contribution in [1.29, 1.82) is 0 Å². The molecule has 1 unspecified atom stereocenters. The standard InChI is InChI=1S/C22H20F3N5O3/c23-22(24,25)16-11-15(26-21(32)19-7-4-10-33-19)8-9-17(16)27-20(31)18-13-30(29-28-18)12-14-5-2-1-3-6-14/h1-3,5-6,8-9,11,13,19H,4,7,10,12H2,(H,26,32)(H,27,31). The highest BCUT2D eigenvalue weighted by Crippen LogP contribution is 2.37. The number of carbonyl (C=O) groups is 2. The molecule has 1 saturated heterocycles. The van der Waals surface area contributed by atoms with Crippen LogP contribution in [0.5, 0.6) is 0 Å². The van der Waals surface area contributed by atoms with Crippen LogP contribution in [0.15, 0.2) is 54.7 Å². The maximum atomic E-state index is 13.6. The maximum absolute atomic E-state index is 13.6. The zero-order valence-corrected chi connectivity index (χ0v) is 17.3. The first-order valence-corrected chi connectivity index (χ1v) is 10.2. The van der Waals surface area contributed by atoms with Crippen LogP contribution in [0, 0.1) is 0 Å². The number of ether oxygens (including phenoxy) is 1. The van der Waals surface area contributed by atoms with Gasteiger partial charge in [0.1, 0.15) is 6.10 Å². The molecule has 0 saturated carbocycles. The Bertz CT molecular complexity index is 1140. The molecule has 2 amide bonds. The van der Waals surface area contributed by atoms with Gasteiger partial charge < -0.3 is 15.4 Å². The second kappa shape index (κ2) is 9.41. The van der Waals surface area contributed by atoms with Gasteiger partial charge >= 0.3 is 6.18 Å². The van der Waals surface area contributed by atoms with Gasteiger partial charge in [-0.2, -0.15) is 13.2 Å². The number of nitrogens with zero attached hydrogens (tertiary/aromatic N) is 3. The molecular formula is C22H20F3N5O3. The van der Waals surface area contributed by atoms with Crippen LogP contribution in [-0.2, 0) is 22.3 Å². The summed E-state index contributed by atoms with van der Waals surface area (Å²) in [5.74, 6) is -1.34. The minimum Gasteiger partial charge on any atom is -0.368 e. The number of amides is 2. The van der Waals surface area contributed by atoms with Gasteiger partial charge in [-0.15, -0.1) is 5.10 Å². The van der Waals surface area contributed by atoms with E-state index in [9.17, 15) is 22.8 Å². The van der Waals surface area contributed by atoms with E-state index in [4.69, 9.17) is 4.74 Å². The Morgan fingerprint density at radius 2 is 1.91 bits per heavy atom. The number of aromatic nitrogens is 3. The summed E-state index contributed by atoms with van der Waals surface area (Å²) in [5, 5.41) is 12.3. The third-order valence-corrected chi connectivity index (χ3v) is 5.02. The average Bonchev–Trinajstić information content (AvgIpc) is 3.47. The van der Waals surface area contributed by atoms with E-state index in [1.165, 1.54) is 16.9 Å². The zero-order valence-electron chi connectivity index (χ0n) is 17.3. The monoisotopic (exact) mass is 459 g/mol. The van der Waals surface area contributed by atoms with Crippen molar-refractivity contribution < 1.29 is 27.5 Å². The lowest BCUT2D eigenvalue weighted by molar-refractivity contribution is -0.137. The molecule has 0 bridgehead atoms. The molecule has 3 aromatic rings. The fourth-order valence-electron chi connectivity index (χ4n) is 3.41. The van der Waals surface area contributed by atoms with E-state index in [1.54, 1.807) is 0 Å². The fraction of sp³-hybridized carbons (Fsp3) is 0.273. The lowest BCUT2D eigenvalue weighted by atomic mass is 10.1. The number of halogens is 3. The number of alkyl halides is 3. The van der Waals surface area contributed by atoms with Gasteiger partial charge in [0.15, 0.2) is 5.69 Å². The Morgan fingerprint density at radius 3 is 2.61 bits per heavy atom. The van der Waals surface area contributed by atoms with Crippen LogP contribution in [0.25, 0.3) is 0 Å². The summed E-state index contributed by atoms with van der Waals surface area (Å²) in [6.07, 6.45) is -2.87. The molecule has 1 aliphatic rings. The molecule has 0 radical (unpaired) electrons. The smallest absolute Gasteiger partial charge is 0.368 e. The van der Waals surface area contributed by atoms with Crippen LogP contribution in [0.4, 0.5) is 24.5 Å². The second-order valence-electron chi connectivity index (χ2n) is 7.49. The largest absolute Gasteiger partial charge is 0.418 e. The number of hydrogen-bond donors (Lipinski definition) is 2. The molecule has 0 aliphatic carbocycles. The normalized spacial score (nSPS) is 15.9. The molecule has 2 heterocycles. The molecule has 1 fully saturated rings. The van der Waals surface area contributed by atoms with Gasteiger partial charge in [0.2, 0.25) is 0 Å². The van der Waals surface area contributed by atoms with Crippen LogP contribution in [0.3, 0.4) is 0 Å². The van der Waals surface area contributed by atoms with Gasteiger partial charge in [-0.3, -0.25) is 9.59 Å². The van der Waals surface area contributed by atoms with E-state index in [2.05, 4.69) is 20.9 Å². The topological polar surface area (TPSA) is 98.1 Å². The van der Waals surface area contributed by atoms with Gasteiger partial charge in [-0.1, -0.05) is 35.5 Å². The molecule has 8 nitrogen and oxygen atoms in total. The van der Waals surface area contributed by atoms with Crippen molar-refractivity contribution in [2.45, 2.75) is 31.7 Å². The Morgan fingerprint density at radius 1 is 1.12 bits per heavy atom. The van der Waals surface area contributed by atoms with Gasteiger partial charge in [0.05, 0.1) is 24.0 Å². The molecule has 4 rings (SSSR count). The van der Waals surface area contributed by atoms with E-state index in [1.807, 2.05) is 30.3 Å². The van der Waals surface area contributed by atoms with Crippen molar-refractivity contribution >= 4 is 23.2 Å². The Hall–Kier alpha value is -3.73. The number of benzene rings is 2. The van der Waals surface area contributed by atoms with Gasteiger partial charge in [-0.25, -0.2) is 4.68 Å². The number of hydrogen-bond acceptors (Lipinski definition) is 5. The number of rotatable bonds is 6. The quantitative estimate of drug-likeness (QED) is 0.586. The van der Waals surface area contributed by atoms with Crippen molar-refractivity contribution in [3.05, 3.63) is 71.5 Å². The summed E-state index contributed by atoms with van der Waals surface area (Å²) < 4.78 is 47.6. The van der Waals surface area contributed by atoms with Crippen molar-refractivity contribution in [1.82, 2.24) is 15.0 Å². The van der Waals surface area contributed by atoms with Gasteiger partial charge in [-0.05, 0) is 36.6 Å². The molecule has 11 heteroatoms. The molecule has 1 aromatic heterocycles. The number of anilines is 2. The Balaban J connectivity index is 1.48. The summed E-state index contributed by atoms with van der Waals surface area (Å²) in [6.45, 7) is 0.793. The molecule has 2 aromatic carbocycles. The van der Waals surface area contributed by atoms with Crippen molar-refractivity contribution in [2.24, 2.45) is 0 Å². The van der Waals surface area contributed by atoms with E-state index in [-0.39, 0.29) is 11.4 Å². The molecule has 1 atom stereocenters. The SMILES string of the molecule is O=C(Nc1ccc(NC(=O)C2CCCO2)cc1C(F)(F)F)c1cn(Cc2ccccc2)nn1. The minimum absolute atomic E-state index is 0.0466. The van der Waals surface area contributed by atoms with Crippen LogP contribution in [0.1, 0.15) is 34.5 Å². The second-order valence-corrected chi connectivity index (χ2v) is 7.49. The predicted molar refractivity (Wildman–Crippen MR) is 113 cm³/mol. The van der Waals surface area contributed by atoms with E-state index in [0.717, 1.165) is 17.7 Å². The first-order chi connectivity index (χ1) is 15.8. The predicted octanol–water partition coefficient (Wildman–Crippen LogP) is 3.72. The maximum Gasteiger partial charge on any atom is 0.418 e. The lowest BCUT2D eigenvalue weighted by Crippen LogP contribution is -2.27. The zero-order chi connectivity index (χ0) is 23.4. The van der Waals surface area contributed by atoms with Gasteiger partial charge in [0.25, 0.3) is 11.8 Å². The Kier molecular flexibility index (Phi) is 6.40. The molecule has 0 spiro atoms. The van der Waals surface area contributed by atoms with Crippen LogP contribution >= 0.6 is 0 Å². The van der Waals surface area contributed by atoms with Crippen LogP contribution in [-0.4, -0.2) is 39.5 Å². The van der Waals surface area contributed by atoms with Crippen LogP contribution in [0.2, 0.25) is 0 Å². The highest BCUT2D eigenvalue weighted by atomic mass is 19.4. The van der Waals surface area contributed by atoms with Crippen molar-refractivity contribution in [3.8, 4) is 0 Å². The number of nitrogens with one attached hydrogen (secondary N) is 2. The highest BCUT2D eigenvalue weighted by molar-refractivity contribution is 6.03. The first-order valence-electron chi connectivity index (χ1n) is 10.2. The van der Waals surface area contributed by atoms with E-state index in [0.29, 0.717) is 26.0 Å². The molecule has 172 valence electrons. The van der Waals surface area contributed by atoms with E-state index >= 15 is 0 Å². The minimum atomic E-state index is -4.77. The summed E-state index contributed by atoms with van der Waals surface area (Å²) in [5.41, 5.74) is -0.809. The first kappa shape index (κ1) is 22.5. The summed E-state index contributed by atoms with van der Waals surface area (Å²) >= 11 is 0. The summed E-state index contributed by atoms with van der Waals surface area (Å²) in [7, 11) is 0. The van der Waals surface area contributed by atoms with Crippen molar-refractivity contribution in [2.75, 3.05) is 17.2 Å². The Labute approximate surface area is 186 Å². The average molecular weight is 459 g/mol. The fourth-order valence-corrected chi connectivity index (χ4v) is 3.41. The molecular weight excluding hydrogens is 439 g/mol. The number of carbonyl (C=O) groups excluding carboxylic acids is 2. The molecule has 2 N–H and O–H groups in total. The summed E-state index contributed by atoms with van der Waals surface area (Å²) in [4.78, 5) is 24.7. The van der Waals surface area contributed by atoms with Crippen LogP contribution < -0.4 is 10.6 Å². The van der Waals surface area contributed by atoms with Crippen molar-refractivity contribution in [3.63, 3.8) is 0 Å². The van der Waals surface area contributed by atoms with E-state index < -0.39 is 35.3 Å².